The molecule has 0 radical (unpaired) electrons. The Bertz CT molecular complexity index is 447. The van der Waals surface area contributed by atoms with Gasteiger partial charge in [-0.2, -0.15) is 0 Å². The molecule has 0 fully saturated rings. The second kappa shape index (κ2) is 4.16. The standard InChI is InChI=1S/C12H16N2O3/c1-7-6-14(8(2)12(15)16)11-9(13)4-3-5-10(11)17-7/h3-5,7-8H,6,13H2,1-2H3,(H,15,16). The number of hydrogen-bond acceptors (Lipinski definition) is 4. The van der Waals surface area contributed by atoms with E-state index < -0.39 is 12.0 Å². The van der Waals surface area contributed by atoms with Crippen LogP contribution in [-0.2, 0) is 4.79 Å². The highest BCUT2D eigenvalue weighted by Gasteiger charge is 2.31. The van der Waals surface area contributed by atoms with E-state index >= 15 is 0 Å². The van der Waals surface area contributed by atoms with Gasteiger partial charge in [0.2, 0.25) is 0 Å². The largest absolute Gasteiger partial charge is 0.487 e. The van der Waals surface area contributed by atoms with Crippen LogP contribution in [0.3, 0.4) is 0 Å². The van der Waals surface area contributed by atoms with Crippen molar-refractivity contribution in [2.75, 3.05) is 17.2 Å². The lowest BCUT2D eigenvalue weighted by Gasteiger charge is -2.37. The van der Waals surface area contributed by atoms with E-state index in [1.54, 1.807) is 24.0 Å². The summed E-state index contributed by atoms with van der Waals surface area (Å²) in [5.41, 5.74) is 7.13. The molecule has 5 heteroatoms. The summed E-state index contributed by atoms with van der Waals surface area (Å²) < 4.78 is 5.66. The summed E-state index contributed by atoms with van der Waals surface area (Å²) in [5.74, 6) is -0.217. The minimum Gasteiger partial charge on any atom is -0.487 e. The third-order valence-corrected chi connectivity index (χ3v) is 2.92. The van der Waals surface area contributed by atoms with Gasteiger partial charge in [0.15, 0.2) is 0 Å². The summed E-state index contributed by atoms with van der Waals surface area (Å²) in [6.07, 6.45) is -0.0499. The maximum atomic E-state index is 11.1. The molecule has 17 heavy (non-hydrogen) atoms. The monoisotopic (exact) mass is 236 g/mol. The first kappa shape index (κ1) is 11.6. The van der Waals surface area contributed by atoms with E-state index in [0.29, 0.717) is 23.7 Å². The molecule has 1 aromatic rings. The smallest absolute Gasteiger partial charge is 0.326 e. The molecular formula is C12H16N2O3. The number of anilines is 2. The highest BCUT2D eigenvalue weighted by atomic mass is 16.5. The lowest BCUT2D eigenvalue weighted by Crippen LogP contribution is -2.47. The van der Waals surface area contributed by atoms with Gasteiger partial charge in [0, 0.05) is 0 Å². The van der Waals surface area contributed by atoms with Gasteiger partial charge in [-0.1, -0.05) is 6.07 Å². The van der Waals surface area contributed by atoms with Crippen LogP contribution in [0.15, 0.2) is 18.2 Å². The lowest BCUT2D eigenvalue weighted by molar-refractivity contribution is -0.138. The first-order chi connectivity index (χ1) is 8.00. The van der Waals surface area contributed by atoms with Gasteiger partial charge in [0.25, 0.3) is 0 Å². The minimum absolute atomic E-state index is 0.0499. The predicted molar refractivity (Wildman–Crippen MR) is 65.4 cm³/mol. The molecule has 5 nitrogen and oxygen atoms in total. The Labute approximate surface area is 99.8 Å². The van der Waals surface area contributed by atoms with Crippen molar-refractivity contribution in [3.05, 3.63) is 18.2 Å². The van der Waals surface area contributed by atoms with E-state index in [1.807, 2.05) is 13.0 Å². The molecule has 2 rings (SSSR count). The SMILES string of the molecule is CC1CN(C(C)C(=O)O)c2c(N)cccc2O1. The van der Waals surface area contributed by atoms with Crippen LogP contribution in [-0.4, -0.2) is 29.8 Å². The van der Waals surface area contributed by atoms with Crippen LogP contribution in [0.2, 0.25) is 0 Å². The minimum atomic E-state index is -0.867. The second-order valence-electron chi connectivity index (χ2n) is 4.29. The zero-order valence-corrected chi connectivity index (χ0v) is 9.88. The molecular weight excluding hydrogens is 220 g/mol. The highest BCUT2D eigenvalue weighted by Crippen LogP contribution is 2.39. The number of rotatable bonds is 2. The number of benzene rings is 1. The molecule has 3 N–H and O–H groups in total. The molecule has 92 valence electrons. The fourth-order valence-corrected chi connectivity index (χ4v) is 2.05. The number of aliphatic carboxylic acids is 1. The van der Waals surface area contributed by atoms with E-state index in [9.17, 15) is 4.79 Å². The van der Waals surface area contributed by atoms with Crippen molar-refractivity contribution in [1.29, 1.82) is 0 Å². The van der Waals surface area contributed by atoms with E-state index in [1.165, 1.54) is 0 Å². The van der Waals surface area contributed by atoms with Crippen LogP contribution in [0.5, 0.6) is 5.75 Å². The van der Waals surface area contributed by atoms with Crippen LogP contribution < -0.4 is 15.4 Å². The third-order valence-electron chi connectivity index (χ3n) is 2.92. The number of carboxylic acid groups (broad SMARTS) is 1. The Morgan fingerprint density at radius 2 is 2.35 bits per heavy atom. The average Bonchev–Trinajstić information content (AvgIpc) is 2.26. The van der Waals surface area contributed by atoms with Crippen molar-refractivity contribution in [3.8, 4) is 5.75 Å². The Balaban J connectivity index is 2.46. The fourth-order valence-electron chi connectivity index (χ4n) is 2.05. The molecule has 1 aliphatic rings. The van der Waals surface area contributed by atoms with Crippen molar-refractivity contribution in [1.82, 2.24) is 0 Å². The van der Waals surface area contributed by atoms with E-state index in [0.717, 1.165) is 0 Å². The Hall–Kier alpha value is -1.91. The van der Waals surface area contributed by atoms with Gasteiger partial charge in [-0.05, 0) is 26.0 Å². The van der Waals surface area contributed by atoms with Gasteiger partial charge >= 0.3 is 5.97 Å². The quantitative estimate of drug-likeness (QED) is 0.757. The molecule has 1 aromatic carbocycles. The molecule has 1 aliphatic heterocycles. The molecule has 0 amide bonds. The van der Waals surface area contributed by atoms with Crippen LogP contribution in [0, 0.1) is 0 Å². The number of ether oxygens (including phenoxy) is 1. The molecule has 0 aromatic heterocycles. The summed E-state index contributed by atoms with van der Waals surface area (Å²) in [5, 5.41) is 9.11. The van der Waals surface area contributed by atoms with Crippen molar-refractivity contribution in [3.63, 3.8) is 0 Å². The van der Waals surface area contributed by atoms with Gasteiger partial charge in [0.05, 0.1) is 12.2 Å². The number of carbonyl (C=O) groups is 1. The van der Waals surface area contributed by atoms with Gasteiger partial charge in [-0.15, -0.1) is 0 Å². The Kier molecular flexibility index (Phi) is 2.83. The fraction of sp³-hybridized carbons (Fsp3) is 0.417. The molecule has 0 spiro atoms. The normalized spacial score (nSPS) is 20.4. The van der Waals surface area contributed by atoms with Crippen LogP contribution >= 0.6 is 0 Å². The van der Waals surface area contributed by atoms with Gasteiger partial charge in [-0.25, -0.2) is 4.79 Å². The van der Waals surface area contributed by atoms with Crippen molar-refractivity contribution in [2.24, 2.45) is 0 Å². The first-order valence-electron chi connectivity index (χ1n) is 5.55. The number of fused-ring (bicyclic) bond motifs is 1. The predicted octanol–water partition coefficient (Wildman–Crippen LogP) is 1.33. The number of carboxylic acids is 1. The number of para-hydroxylation sites is 1. The van der Waals surface area contributed by atoms with Crippen LogP contribution in [0.1, 0.15) is 13.8 Å². The molecule has 0 bridgehead atoms. The summed E-state index contributed by atoms with van der Waals surface area (Å²) in [6.45, 7) is 4.08. The molecule has 0 aliphatic carbocycles. The van der Waals surface area contributed by atoms with E-state index in [2.05, 4.69) is 0 Å². The summed E-state index contributed by atoms with van der Waals surface area (Å²) >= 11 is 0. The number of hydrogen-bond donors (Lipinski definition) is 2. The summed E-state index contributed by atoms with van der Waals surface area (Å²) in [7, 11) is 0. The zero-order valence-electron chi connectivity index (χ0n) is 9.88. The average molecular weight is 236 g/mol. The van der Waals surface area contributed by atoms with E-state index in [4.69, 9.17) is 15.6 Å². The first-order valence-corrected chi connectivity index (χ1v) is 5.55. The molecule has 2 atom stereocenters. The van der Waals surface area contributed by atoms with Gasteiger partial charge in [0.1, 0.15) is 23.6 Å². The van der Waals surface area contributed by atoms with Crippen LogP contribution in [0.25, 0.3) is 0 Å². The summed E-state index contributed by atoms with van der Waals surface area (Å²) in [4.78, 5) is 12.9. The maximum Gasteiger partial charge on any atom is 0.326 e. The molecule has 1 heterocycles. The van der Waals surface area contributed by atoms with Gasteiger partial charge < -0.3 is 20.5 Å². The maximum absolute atomic E-state index is 11.1. The van der Waals surface area contributed by atoms with Gasteiger partial charge in [-0.3, -0.25) is 0 Å². The zero-order chi connectivity index (χ0) is 12.6. The topological polar surface area (TPSA) is 75.8 Å². The lowest BCUT2D eigenvalue weighted by atomic mass is 10.1. The molecule has 2 unspecified atom stereocenters. The number of nitrogen functional groups attached to an aromatic ring is 1. The number of nitrogens with zero attached hydrogens (tertiary/aromatic N) is 1. The molecule has 0 saturated carbocycles. The van der Waals surface area contributed by atoms with Crippen LogP contribution in [0.4, 0.5) is 11.4 Å². The Morgan fingerprint density at radius 3 is 3.00 bits per heavy atom. The van der Waals surface area contributed by atoms with E-state index in [-0.39, 0.29) is 6.10 Å². The third kappa shape index (κ3) is 2.00. The second-order valence-corrected chi connectivity index (χ2v) is 4.29. The van der Waals surface area contributed by atoms with Crippen molar-refractivity contribution in [2.45, 2.75) is 26.0 Å². The van der Waals surface area contributed by atoms with Crippen molar-refractivity contribution < 1.29 is 14.6 Å². The highest BCUT2D eigenvalue weighted by molar-refractivity contribution is 5.83. The number of nitrogens with two attached hydrogens (primary N) is 1. The van der Waals surface area contributed by atoms with Crippen molar-refractivity contribution >= 4 is 17.3 Å². The molecule has 0 saturated heterocycles. The Morgan fingerprint density at radius 1 is 1.65 bits per heavy atom. The summed E-state index contributed by atoms with van der Waals surface area (Å²) in [6, 6.07) is 4.74.